The van der Waals surface area contributed by atoms with Gasteiger partial charge in [0, 0.05) is 16.4 Å². The molecule has 0 saturated heterocycles. The smallest absolute Gasteiger partial charge is 0.269 e. The highest BCUT2D eigenvalue weighted by atomic mass is 35.5. The Bertz CT molecular complexity index is 817. The first-order chi connectivity index (χ1) is 10.4. The van der Waals surface area contributed by atoms with Crippen LogP contribution in [0.4, 0.5) is 5.69 Å². The van der Waals surface area contributed by atoms with E-state index in [0.29, 0.717) is 22.0 Å². The fourth-order valence-corrected chi connectivity index (χ4v) is 2.26. The first-order valence-electron chi connectivity index (χ1n) is 6.59. The van der Waals surface area contributed by atoms with Gasteiger partial charge in [-0.3, -0.25) is 9.59 Å². The van der Waals surface area contributed by atoms with Crippen LogP contribution in [-0.4, -0.2) is 10.5 Å². The number of nitriles is 1. The Kier molecular flexibility index (Phi) is 4.64. The average molecular weight is 316 g/mol. The van der Waals surface area contributed by atoms with Crippen LogP contribution in [0.2, 0.25) is 5.02 Å². The van der Waals surface area contributed by atoms with E-state index in [-0.39, 0.29) is 18.0 Å². The maximum absolute atomic E-state index is 12.2. The van der Waals surface area contributed by atoms with Crippen molar-refractivity contribution in [3.8, 4) is 6.07 Å². The third-order valence-corrected chi connectivity index (χ3v) is 3.50. The number of nitrogens with one attached hydrogen (secondary N) is 1. The normalized spacial score (nSPS) is 10.1. The lowest BCUT2D eigenvalue weighted by molar-refractivity contribution is -0.116. The summed E-state index contributed by atoms with van der Waals surface area (Å²) < 4.78 is 1.29. The SMILES string of the molecule is Cc1cc(C)n(CC(=O)Nc2ccc(Cl)cc2)c(=O)c1C#N. The third-order valence-electron chi connectivity index (χ3n) is 3.25. The predicted molar refractivity (Wildman–Crippen MR) is 85.0 cm³/mol. The van der Waals surface area contributed by atoms with E-state index >= 15 is 0 Å². The van der Waals surface area contributed by atoms with Crippen molar-refractivity contribution < 1.29 is 4.79 Å². The lowest BCUT2D eigenvalue weighted by Gasteiger charge is -2.12. The molecule has 22 heavy (non-hydrogen) atoms. The van der Waals surface area contributed by atoms with Gasteiger partial charge >= 0.3 is 0 Å². The molecule has 2 aromatic rings. The molecule has 6 heteroatoms. The van der Waals surface area contributed by atoms with Gasteiger partial charge in [0.05, 0.1) is 0 Å². The molecule has 0 aliphatic carbocycles. The van der Waals surface area contributed by atoms with Crippen LogP contribution in [0.15, 0.2) is 35.1 Å². The molecule has 1 aromatic heterocycles. The Hall–Kier alpha value is -2.58. The lowest BCUT2D eigenvalue weighted by Crippen LogP contribution is -2.31. The topological polar surface area (TPSA) is 74.9 Å². The van der Waals surface area contributed by atoms with Crippen molar-refractivity contribution >= 4 is 23.2 Å². The molecule has 0 radical (unpaired) electrons. The highest BCUT2D eigenvalue weighted by Gasteiger charge is 2.13. The molecule has 0 bridgehead atoms. The van der Waals surface area contributed by atoms with E-state index in [1.54, 1.807) is 44.2 Å². The van der Waals surface area contributed by atoms with Gasteiger partial charge in [-0.15, -0.1) is 0 Å². The zero-order chi connectivity index (χ0) is 16.3. The molecule has 1 heterocycles. The van der Waals surface area contributed by atoms with Crippen molar-refractivity contribution in [3.05, 3.63) is 62.5 Å². The quantitative estimate of drug-likeness (QED) is 0.946. The molecule has 0 atom stereocenters. The molecule has 112 valence electrons. The zero-order valence-corrected chi connectivity index (χ0v) is 12.9. The van der Waals surface area contributed by atoms with Gasteiger partial charge in [0.1, 0.15) is 18.2 Å². The highest BCUT2D eigenvalue weighted by molar-refractivity contribution is 6.30. The van der Waals surface area contributed by atoms with Crippen LogP contribution in [0.5, 0.6) is 0 Å². The molecule has 0 aliphatic rings. The first kappa shape index (κ1) is 15.8. The number of pyridine rings is 1. The van der Waals surface area contributed by atoms with Crippen molar-refractivity contribution in [2.75, 3.05) is 5.32 Å². The number of rotatable bonds is 3. The molecule has 1 N–H and O–H groups in total. The monoisotopic (exact) mass is 315 g/mol. The number of halogens is 1. The number of carbonyl (C=O) groups is 1. The number of hydrogen-bond donors (Lipinski definition) is 1. The van der Waals surface area contributed by atoms with Crippen LogP contribution in [0, 0.1) is 25.2 Å². The Morgan fingerprint density at radius 2 is 1.95 bits per heavy atom. The fraction of sp³-hybridized carbons (Fsp3) is 0.188. The van der Waals surface area contributed by atoms with Crippen LogP contribution in [-0.2, 0) is 11.3 Å². The summed E-state index contributed by atoms with van der Waals surface area (Å²) in [4.78, 5) is 24.3. The summed E-state index contributed by atoms with van der Waals surface area (Å²) in [6, 6.07) is 10.3. The number of aryl methyl sites for hydroxylation is 2. The van der Waals surface area contributed by atoms with Gasteiger partial charge in [-0.05, 0) is 49.7 Å². The van der Waals surface area contributed by atoms with E-state index in [0.717, 1.165) is 0 Å². The summed E-state index contributed by atoms with van der Waals surface area (Å²) in [6.45, 7) is 3.28. The highest BCUT2D eigenvalue weighted by Crippen LogP contribution is 2.13. The Morgan fingerprint density at radius 3 is 2.55 bits per heavy atom. The Labute approximate surface area is 132 Å². The van der Waals surface area contributed by atoms with E-state index in [1.807, 2.05) is 6.07 Å². The number of benzene rings is 1. The first-order valence-corrected chi connectivity index (χ1v) is 6.96. The second-order valence-electron chi connectivity index (χ2n) is 4.90. The Balaban J connectivity index is 2.24. The number of hydrogen-bond acceptors (Lipinski definition) is 3. The van der Waals surface area contributed by atoms with Crippen molar-refractivity contribution in [1.82, 2.24) is 4.57 Å². The number of carbonyl (C=O) groups excluding carboxylic acids is 1. The molecular weight excluding hydrogens is 302 g/mol. The van der Waals surface area contributed by atoms with Gasteiger partial charge in [0.2, 0.25) is 5.91 Å². The molecular formula is C16H14ClN3O2. The largest absolute Gasteiger partial charge is 0.325 e. The molecule has 1 aromatic carbocycles. The van der Waals surface area contributed by atoms with Crippen LogP contribution in [0.3, 0.4) is 0 Å². The number of nitrogens with zero attached hydrogens (tertiary/aromatic N) is 2. The lowest BCUT2D eigenvalue weighted by atomic mass is 10.1. The van der Waals surface area contributed by atoms with Crippen LogP contribution >= 0.6 is 11.6 Å². The van der Waals surface area contributed by atoms with Gasteiger partial charge in [0.15, 0.2) is 0 Å². The van der Waals surface area contributed by atoms with Crippen LogP contribution < -0.4 is 10.9 Å². The zero-order valence-electron chi connectivity index (χ0n) is 12.2. The summed E-state index contributed by atoms with van der Waals surface area (Å²) in [7, 11) is 0. The van der Waals surface area contributed by atoms with E-state index in [2.05, 4.69) is 5.32 Å². The van der Waals surface area contributed by atoms with Crippen molar-refractivity contribution in [2.24, 2.45) is 0 Å². The molecule has 0 fully saturated rings. The summed E-state index contributed by atoms with van der Waals surface area (Å²) >= 11 is 5.78. The number of anilines is 1. The molecule has 0 aliphatic heterocycles. The summed E-state index contributed by atoms with van der Waals surface area (Å²) in [5, 5.41) is 12.3. The summed E-state index contributed by atoms with van der Waals surface area (Å²) in [5.74, 6) is -0.347. The van der Waals surface area contributed by atoms with E-state index < -0.39 is 5.56 Å². The van der Waals surface area contributed by atoms with E-state index in [1.165, 1.54) is 4.57 Å². The summed E-state index contributed by atoms with van der Waals surface area (Å²) in [5.41, 5.74) is 1.44. The van der Waals surface area contributed by atoms with Gasteiger partial charge in [0.25, 0.3) is 5.56 Å². The van der Waals surface area contributed by atoms with Crippen molar-refractivity contribution in [2.45, 2.75) is 20.4 Å². The van der Waals surface area contributed by atoms with Gasteiger partial charge in [-0.25, -0.2) is 0 Å². The minimum Gasteiger partial charge on any atom is -0.325 e. The van der Waals surface area contributed by atoms with Crippen molar-refractivity contribution in [1.29, 1.82) is 5.26 Å². The molecule has 0 saturated carbocycles. The number of aromatic nitrogens is 1. The maximum Gasteiger partial charge on any atom is 0.269 e. The van der Waals surface area contributed by atoms with Crippen LogP contribution in [0.1, 0.15) is 16.8 Å². The molecule has 5 nitrogen and oxygen atoms in total. The van der Waals surface area contributed by atoms with Crippen molar-refractivity contribution in [3.63, 3.8) is 0 Å². The second-order valence-corrected chi connectivity index (χ2v) is 5.34. The molecule has 0 unspecified atom stereocenters. The van der Waals surface area contributed by atoms with Gasteiger partial charge in [-0.1, -0.05) is 11.6 Å². The Morgan fingerprint density at radius 1 is 1.32 bits per heavy atom. The van der Waals surface area contributed by atoms with Crippen LogP contribution in [0.25, 0.3) is 0 Å². The molecule has 2 rings (SSSR count). The van der Waals surface area contributed by atoms with E-state index in [9.17, 15) is 9.59 Å². The maximum atomic E-state index is 12.2. The molecule has 1 amide bonds. The minimum absolute atomic E-state index is 0.0601. The van der Waals surface area contributed by atoms with Gasteiger partial charge in [-0.2, -0.15) is 5.26 Å². The fourth-order valence-electron chi connectivity index (χ4n) is 2.14. The third kappa shape index (κ3) is 3.35. The van der Waals surface area contributed by atoms with E-state index in [4.69, 9.17) is 16.9 Å². The second kappa shape index (κ2) is 6.46. The predicted octanol–water partition coefficient (Wildman–Crippen LogP) is 2.63. The minimum atomic E-state index is -0.453. The molecule has 0 spiro atoms. The summed E-state index contributed by atoms with van der Waals surface area (Å²) in [6.07, 6.45) is 0. The number of amides is 1. The standard InChI is InChI=1S/C16H14ClN3O2/c1-10-7-11(2)20(16(22)14(10)8-18)9-15(21)19-13-5-3-12(17)4-6-13/h3-7H,9H2,1-2H3,(H,19,21). The van der Waals surface area contributed by atoms with Gasteiger partial charge < -0.3 is 9.88 Å². The average Bonchev–Trinajstić information content (AvgIpc) is 2.46.